The summed E-state index contributed by atoms with van der Waals surface area (Å²) in [6.07, 6.45) is 0.863. The summed E-state index contributed by atoms with van der Waals surface area (Å²) < 4.78 is 5.21. The number of nitrogens with zero attached hydrogens (tertiary/aromatic N) is 4. The number of benzene rings is 1. The van der Waals surface area contributed by atoms with E-state index in [-0.39, 0.29) is 34.3 Å². The lowest BCUT2D eigenvalue weighted by atomic mass is 9.69. The lowest BCUT2D eigenvalue weighted by Gasteiger charge is -2.42. The van der Waals surface area contributed by atoms with E-state index in [0.29, 0.717) is 49.2 Å². The Labute approximate surface area is 220 Å². The zero-order chi connectivity index (χ0) is 25.5. The van der Waals surface area contributed by atoms with Crippen molar-refractivity contribution in [2.24, 2.45) is 11.1 Å². The van der Waals surface area contributed by atoms with Gasteiger partial charge in [-0.05, 0) is 29.5 Å². The number of rotatable bonds is 5. The van der Waals surface area contributed by atoms with E-state index in [1.807, 2.05) is 13.8 Å². The number of anilines is 1. The average molecular weight is 550 g/mol. The summed E-state index contributed by atoms with van der Waals surface area (Å²) in [6.45, 7) is 4.02. The molecular formula is C23H21Cl2N5O3S2. The standard InChI is InChI=1S/C23H21Cl2N5O3S2/c1-23(2)7-15-19(16(31)8-23)18(11-4-5-13(24)14(25)6-11)12(9-26)20(27)30(15)21-28-29-22(35-21)34-10-17(32)33-3/h4-6,18H,7-8,10,27H2,1-3H3. The van der Waals surface area contributed by atoms with E-state index in [2.05, 4.69) is 21.0 Å². The normalized spacial score (nSPS) is 19.5. The number of allylic oxidation sites excluding steroid dienone is 3. The third kappa shape index (κ3) is 4.91. The maximum Gasteiger partial charge on any atom is 0.316 e. The van der Waals surface area contributed by atoms with Crippen LogP contribution in [0.4, 0.5) is 5.13 Å². The van der Waals surface area contributed by atoms with Gasteiger partial charge in [0.25, 0.3) is 0 Å². The van der Waals surface area contributed by atoms with E-state index in [9.17, 15) is 14.9 Å². The van der Waals surface area contributed by atoms with E-state index in [1.54, 1.807) is 23.1 Å². The SMILES string of the molecule is COC(=O)CSc1nnc(N2C(N)=C(C#N)C(c3ccc(Cl)c(Cl)c3)C3=C2CC(C)(C)CC3=O)s1. The van der Waals surface area contributed by atoms with Crippen molar-refractivity contribution in [1.82, 2.24) is 10.2 Å². The first-order chi connectivity index (χ1) is 16.6. The summed E-state index contributed by atoms with van der Waals surface area (Å²) in [5, 5.41) is 19.7. The number of ether oxygens (including phenoxy) is 1. The summed E-state index contributed by atoms with van der Waals surface area (Å²) in [5.74, 6) is -0.870. The smallest absolute Gasteiger partial charge is 0.316 e. The van der Waals surface area contributed by atoms with Crippen LogP contribution in [0.3, 0.4) is 0 Å². The Morgan fingerprint density at radius 3 is 2.74 bits per heavy atom. The van der Waals surface area contributed by atoms with Gasteiger partial charge in [0.15, 0.2) is 10.1 Å². The molecule has 4 rings (SSSR count). The molecule has 1 aliphatic carbocycles. The van der Waals surface area contributed by atoms with Crippen LogP contribution >= 0.6 is 46.3 Å². The van der Waals surface area contributed by atoms with Gasteiger partial charge in [-0.2, -0.15) is 5.26 Å². The topological polar surface area (TPSA) is 122 Å². The molecule has 2 heterocycles. The van der Waals surface area contributed by atoms with Crippen molar-refractivity contribution < 1.29 is 14.3 Å². The zero-order valence-corrected chi connectivity index (χ0v) is 22.2. The quantitative estimate of drug-likeness (QED) is 0.402. The van der Waals surface area contributed by atoms with Gasteiger partial charge in [-0.25, -0.2) is 0 Å². The summed E-state index contributed by atoms with van der Waals surface area (Å²) in [5.41, 5.74) is 8.31. The first-order valence-corrected chi connectivity index (χ1v) is 13.1. The highest BCUT2D eigenvalue weighted by atomic mass is 35.5. The second-order valence-corrected chi connectivity index (χ2v) is 11.9. The summed E-state index contributed by atoms with van der Waals surface area (Å²) in [6, 6.07) is 7.27. The molecule has 0 saturated carbocycles. The van der Waals surface area contributed by atoms with Gasteiger partial charge >= 0.3 is 5.97 Å². The third-order valence-electron chi connectivity index (χ3n) is 5.79. The van der Waals surface area contributed by atoms with Gasteiger partial charge in [0.2, 0.25) is 5.13 Å². The number of Topliss-reactive ketones (excluding diaryl/α,β-unsaturated/α-hetero) is 1. The minimum absolute atomic E-state index is 0.0672. The number of carbonyl (C=O) groups is 2. The monoisotopic (exact) mass is 549 g/mol. The number of methoxy groups -OCH3 is 1. The van der Waals surface area contributed by atoms with Crippen LogP contribution in [0.5, 0.6) is 0 Å². The molecule has 8 nitrogen and oxygen atoms in total. The van der Waals surface area contributed by atoms with E-state index in [4.69, 9.17) is 28.9 Å². The number of halogens is 2. The van der Waals surface area contributed by atoms with Crippen molar-refractivity contribution in [2.45, 2.75) is 36.9 Å². The molecule has 2 aliphatic rings. The number of carbonyl (C=O) groups excluding carboxylic acids is 2. The van der Waals surface area contributed by atoms with Crippen molar-refractivity contribution in [2.75, 3.05) is 17.8 Å². The minimum atomic E-state index is -0.675. The van der Waals surface area contributed by atoms with E-state index in [1.165, 1.54) is 30.2 Å². The molecule has 182 valence electrons. The number of ketones is 1. The Balaban J connectivity index is 1.86. The van der Waals surface area contributed by atoms with Crippen LogP contribution in [0.25, 0.3) is 0 Å². The van der Waals surface area contributed by atoms with Crippen LogP contribution in [-0.2, 0) is 14.3 Å². The third-order valence-corrected chi connectivity index (χ3v) is 8.54. The Morgan fingerprint density at radius 1 is 1.34 bits per heavy atom. The predicted octanol–water partition coefficient (Wildman–Crippen LogP) is 5.05. The summed E-state index contributed by atoms with van der Waals surface area (Å²) in [7, 11) is 1.32. The van der Waals surface area contributed by atoms with Crippen LogP contribution in [0.15, 0.2) is 45.2 Å². The summed E-state index contributed by atoms with van der Waals surface area (Å²) in [4.78, 5) is 26.7. The van der Waals surface area contributed by atoms with Crippen molar-refractivity contribution in [3.63, 3.8) is 0 Å². The van der Waals surface area contributed by atoms with Gasteiger partial charge in [0.1, 0.15) is 5.82 Å². The number of thioether (sulfide) groups is 1. The highest BCUT2D eigenvalue weighted by Gasteiger charge is 2.45. The molecule has 0 saturated heterocycles. The van der Waals surface area contributed by atoms with Gasteiger partial charge in [0, 0.05) is 17.7 Å². The first kappa shape index (κ1) is 25.5. The molecule has 1 unspecified atom stereocenters. The Kier molecular flexibility index (Phi) is 7.16. The van der Waals surface area contributed by atoms with Crippen LogP contribution < -0.4 is 10.6 Å². The molecule has 12 heteroatoms. The van der Waals surface area contributed by atoms with E-state index >= 15 is 0 Å². The number of hydrogen-bond acceptors (Lipinski definition) is 10. The van der Waals surface area contributed by atoms with Crippen molar-refractivity contribution in [3.8, 4) is 6.07 Å². The highest BCUT2D eigenvalue weighted by molar-refractivity contribution is 8.01. The molecule has 0 spiro atoms. The van der Waals surface area contributed by atoms with Crippen LogP contribution in [0, 0.1) is 16.7 Å². The number of nitrogens with two attached hydrogens (primary N) is 1. The fraction of sp³-hybridized carbons (Fsp3) is 0.348. The molecular weight excluding hydrogens is 529 g/mol. The van der Waals surface area contributed by atoms with E-state index in [0.717, 1.165) is 0 Å². The molecule has 1 aromatic heterocycles. The molecule has 1 aliphatic heterocycles. The molecule has 35 heavy (non-hydrogen) atoms. The maximum atomic E-state index is 13.5. The molecule has 1 aromatic carbocycles. The van der Waals surface area contributed by atoms with Crippen LogP contribution in [0.1, 0.15) is 38.2 Å². The average Bonchev–Trinajstić information content (AvgIpc) is 3.26. The molecule has 2 N–H and O–H groups in total. The van der Waals surface area contributed by atoms with Gasteiger partial charge in [-0.15, -0.1) is 10.2 Å². The van der Waals surface area contributed by atoms with Crippen molar-refractivity contribution in [1.29, 1.82) is 5.26 Å². The lowest BCUT2D eigenvalue weighted by molar-refractivity contribution is -0.137. The number of esters is 1. The van der Waals surface area contributed by atoms with Gasteiger partial charge < -0.3 is 10.5 Å². The largest absolute Gasteiger partial charge is 0.468 e. The second-order valence-electron chi connectivity index (χ2n) is 8.87. The predicted molar refractivity (Wildman–Crippen MR) is 136 cm³/mol. The zero-order valence-electron chi connectivity index (χ0n) is 19.1. The molecule has 0 fully saturated rings. The molecule has 0 bridgehead atoms. The number of hydrogen-bond donors (Lipinski definition) is 1. The van der Waals surface area contributed by atoms with Gasteiger partial charge in [-0.1, -0.05) is 66.2 Å². The first-order valence-electron chi connectivity index (χ1n) is 10.5. The Bertz CT molecular complexity index is 1330. The number of aromatic nitrogens is 2. The van der Waals surface area contributed by atoms with Crippen LogP contribution in [-0.4, -0.2) is 34.8 Å². The minimum Gasteiger partial charge on any atom is -0.468 e. The molecule has 0 amide bonds. The molecule has 0 radical (unpaired) electrons. The fourth-order valence-electron chi connectivity index (χ4n) is 4.28. The second kappa shape index (κ2) is 9.82. The number of nitriles is 1. The lowest BCUT2D eigenvalue weighted by Crippen LogP contribution is -2.42. The highest BCUT2D eigenvalue weighted by Crippen LogP contribution is 2.51. The maximum absolute atomic E-state index is 13.5. The summed E-state index contributed by atoms with van der Waals surface area (Å²) >= 11 is 14.8. The van der Waals surface area contributed by atoms with Crippen molar-refractivity contribution in [3.05, 3.63) is 56.5 Å². The van der Waals surface area contributed by atoms with Gasteiger partial charge in [0.05, 0.1) is 40.5 Å². The van der Waals surface area contributed by atoms with Gasteiger partial charge in [-0.3, -0.25) is 14.5 Å². The molecule has 2 aromatic rings. The van der Waals surface area contributed by atoms with Crippen molar-refractivity contribution >= 4 is 63.2 Å². The van der Waals surface area contributed by atoms with E-state index < -0.39 is 5.92 Å². The molecule has 1 atom stereocenters. The Hall–Kier alpha value is -2.58. The van der Waals surface area contributed by atoms with Crippen LogP contribution in [0.2, 0.25) is 10.0 Å². The fourth-order valence-corrected chi connectivity index (χ4v) is 6.30. The Morgan fingerprint density at radius 2 is 2.09 bits per heavy atom.